The Kier molecular flexibility index (Phi) is 17.9. The average Bonchev–Trinajstić information content (AvgIpc) is 2.70. The van der Waals surface area contributed by atoms with Crippen molar-refractivity contribution in [2.45, 2.75) is 109 Å². The molecule has 0 fully saturated rings. The predicted octanol–water partition coefficient (Wildman–Crippen LogP) is 5.50. The summed E-state index contributed by atoms with van der Waals surface area (Å²) in [6.07, 6.45) is 13.0. The molecule has 0 saturated carbocycles. The van der Waals surface area contributed by atoms with Gasteiger partial charge in [-0.25, -0.2) is 0 Å². The zero-order valence-corrected chi connectivity index (χ0v) is 19.1. The molecule has 0 saturated heterocycles. The zero-order chi connectivity index (χ0) is 24.2. The molecule has 0 aliphatic heterocycles. The molecule has 32 heavy (non-hydrogen) atoms. The maximum absolute atomic E-state index is 11.3. The van der Waals surface area contributed by atoms with E-state index in [0.717, 1.165) is 70.6 Å². The van der Waals surface area contributed by atoms with Gasteiger partial charge in [0.05, 0.1) is 12.8 Å². The first kappa shape index (κ1) is 29.6. The Bertz CT molecular complexity index is 597. The smallest absolute Gasteiger partial charge is 0.307 e. The van der Waals surface area contributed by atoms with E-state index in [9.17, 15) is 24.3 Å². The van der Waals surface area contributed by atoms with Crippen LogP contribution in [-0.2, 0) is 19.2 Å². The molecule has 8 nitrogen and oxygen atoms in total. The number of hydrogen-bond acceptors (Lipinski definition) is 4. The lowest BCUT2D eigenvalue weighted by atomic mass is 9.85. The maximum Gasteiger partial charge on any atom is 0.307 e. The first-order chi connectivity index (χ1) is 15.2. The van der Waals surface area contributed by atoms with Gasteiger partial charge in [0.1, 0.15) is 0 Å². The third-order valence-electron chi connectivity index (χ3n) is 5.56. The Labute approximate surface area is 190 Å². The Morgan fingerprint density at radius 2 is 0.938 bits per heavy atom. The standard InChI is InChI=1S/C24H40O8/c25-21(26)14-10-6-2-1-4-8-12-19(13-9-5-3-7-11-15-22(27)28)20(18-24(31)32)16-17-23(29)30/h16,19H,1-15,17-18H2,(H,25,26)(H,27,28)(H,29,30)(H,31,32). The van der Waals surface area contributed by atoms with Crippen molar-refractivity contribution in [3.63, 3.8) is 0 Å². The number of hydrogen-bond donors (Lipinski definition) is 4. The van der Waals surface area contributed by atoms with Gasteiger partial charge in [0, 0.05) is 12.8 Å². The van der Waals surface area contributed by atoms with Crippen LogP contribution in [0.4, 0.5) is 0 Å². The van der Waals surface area contributed by atoms with Crippen LogP contribution in [0, 0.1) is 5.92 Å². The third-order valence-corrected chi connectivity index (χ3v) is 5.56. The highest BCUT2D eigenvalue weighted by atomic mass is 16.4. The molecule has 0 heterocycles. The van der Waals surface area contributed by atoms with Crippen molar-refractivity contribution in [2.75, 3.05) is 0 Å². The van der Waals surface area contributed by atoms with E-state index in [1.807, 2.05) is 0 Å². The van der Waals surface area contributed by atoms with Crippen LogP contribution in [0.5, 0.6) is 0 Å². The molecule has 0 aromatic rings. The van der Waals surface area contributed by atoms with Gasteiger partial charge < -0.3 is 20.4 Å². The zero-order valence-electron chi connectivity index (χ0n) is 19.1. The van der Waals surface area contributed by atoms with Crippen LogP contribution < -0.4 is 0 Å². The Hall–Kier alpha value is -2.38. The topological polar surface area (TPSA) is 149 Å². The van der Waals surface area contributed by atoms with Crippen molar-refractivity contribution < 1.29 is 39.6 Å². The highest BCUT2D eigenvalue weighted by Crippen LogP contribution is 2.28. The molecule has 0 rings (SSSR count). The lowest BCUT2D eigenvalue weighted by Crippen LogP contribution is -2.10. The van der Waals surface area contributed by atoms with Gasteiger partial charge in [-0.2, -0.15) is 0 Å². The molecular weight excluding hydrogens is 416 g/mol. The minimum atomic E-state index is -0.980. The summed E-state index contributed by atoms with van der Waals surface area (Å²) in [5.41, 5.74) is 0.687. The minimum Gasteiger partial charge on any atom is -0.481 e. The van der Waals surface area contributed by atoms with Gasteiger partial charge in [-0.05, 0) is 31.6 Å². The van der Waals surface area contributed by atoms with Gasteiger partial charge in [-0.15, -0.1) is 0 Å². The van der Waals surface area contributed by atoms with Crippen molar-refractivity contribution in [1.82, 2.24) is 0 Å². The molecule has 0 radical (unpaired) electrons. The Morgan fingerprint density at radius 3 is 1.31 bits per heavy atom. The highest BCUT2D eigenvalue weighted by Gasteiger charge is 2.17. The first-order valence-electron chi connectivity index (χ1n) is 11.8. The molecule has 0 bridgehead atoms. The van der Waals surface area contributed by atoms with Gasteiger partial charge in [0.2, 0.25) is 0 Å². The van der Waals surface area contributed by atoms with Crippen LogP contribution in [0.2, 0.25) is 0 Å². The summed E-state index contributed by atoms with van der Waals surface area (Å²) in [7, 11) is 0. The molecule has 0 aliphatic carbocycles. The molecule has 184 valence electrons. The molecule has 0 aromatic carbocycles. The van der Waals surface area contributed by atoms with E-state index >= 15 is 0 Å². The summed E-state index contributed by atoms with van der Waals surface area (Å²) >= 11 is 0. The van der Waals surface area contributed by atoms with Gasteiger partial charge in [0.25, 0.3) is 0 Å². The van der Waals surface area contributed by atoms with E-state index in [4.69, 9.17) is 15.3 Å². The van der Waals surface area contributed by atoms with E-state index in [1.54, 1.807) is 6.08 Å². The number of carbonyl (C=O) groups is 4. The molecule has 1 atom stereocenters. The van der Waals surface area contributed by atoms with Gasteiger partial charge >= 0.3 is 23.9 Å². The van der Waals surface area contributed by atoms with Crippen LogP contribution in [0.1, 0.15) is 109 Å². The van der Waals surface area contributed by atoms with Crippen LogP contribution in [-0.4, -0.2) is 44.3 Å². The van der Waals surface area contributed by atoms with Crippen molar-refractivity contribution >= 4 is 23.9 Å². The molecule has 1 unspecified atom stereocenters. The van der Waals surface area contributed by atoms with Crippen LogP contribution in [0.15, 0.2) is 11.6 Å². The number of unbranched alkanes of at least 4 members (excludes halogenated alkanes) is 9. The van der Waals surface area contributed by atoms with E-state index < -0.39 is 23.9 Å². The van der Waals surface area contributed by atoms with Crippen molar-refractivity contribution in [1.29, 1.82) is 0 Å². The lowest BCUT2D eigenvalue weighted by molar-refractivity contribution is -0.138. The van der Waals surface area contributed by atoms with Crippen LogP contribution in [0.3, 0.4) is 0 Å². The number of carboxylic acids is 4. The molecule has 0 amide bonds. The quantitative estimate of drug-likeness (QED) is 0.123. The largest absolute Gasteiger partial charge is 0.481 e. The predicted molar refractivity (Wildman–Crippen MR) is 121 cm³/mol. The van der Waals surface area contributed by atoms with Crippen LogP contribution >= 0.6 is 0 Å². The Morgan fingerprint density at radius 1 is 0.531 bits per heavy atom. The van der Waals surface area contributed by atoms with E-state index in [1.165, 1.54) is 0 Å². The van der Waals surface area contributed by atoms with E-state index in [2.05, 4.69) is 0 Å². The summed E-state index contributed by atoms with van der Waals surface area (Å²) in [6.45, 7) is 0. The number of rotatable bonds is 22. The summed E-state index contributed by atoms with van der Waals surface area (Å²) in [4.78, 5) is 43.4. The summed E-state index contributed by atoms with van der Waals surface area (Å²) < 4.78 is 0. The SMILES string of the molecule is O=C(O)CC=C(CC(=O)O)C(CCCCCCCCC(=O)O)CCCCCCCC(=O)O. The number of aliphatic carboxylic acids is 4. The second kappa shape index (κ2) is 19.3. The first-order valence-corrected chi connectivity index (χ1v) is 11.8. The molecule has 0 aliphatic rings. The third kappa shape index (κ3) is 19.6. The van der Waals surface area contributed by atoms with E-state index in [0.29, 0.717) is 18.4 Å². The fraction of sp³-hybridized carbons (Fsp3) is 0.750. The summed E-state index contributed by atoms with van der Waals surface area (Å²) in [5.74, 6) is -3.45. The fourth-order valence-corrected chi connectivity index (χ4v) is 3.86. The fourth-order valence-electron chi connectivity index (χ4n) is 3.86. The second-order valence-corrected chi connectivity index (χ2v) is 8.40. The van der Waals surface area contributed by atoms with Crippen molar-refractivity contribution in [3.05, 3.63) is 11.6 Å². The second-order valence-electron chi connectivity index (χ2n) is 8.40. The van der Waals surface area contributed by atoms with E-state index in [-0.39, 0.29) is 31.6 Å². The van der Waals surface area contributed by atoms with Crippen molar-refractivity contribution in [2.24, 2.45) is 5.92 Å². The molecule has 8 heteroatoms. The molecular formula is C24H40O8. The summed E-state index contributed by atoms with van der Waals surface area (Å²) in [5, 5.41) is 35.6. The highest BCUT2D eigenvalue weighted by molar-refractivity contribution is 5.72. The average molecular weight is 457 g/mol. The minimum absolute atomic E-state index is 0.0384. The van der Waals surface area contributed by atoms with Crippen LogP contribution in [0.25, 0.3) is 0 Å². The monoisotopic (exact) mass is 456 g/mol. The normalized spacial score (nSPS) is 12.4. The number of carboxylic acid groups (broad SMARTS) is 4. The van der Waals surface area contributed by atoms with Gasteiger partial charge in [0.15, 0.2) is 0 Å². The van der Waals surface area contributed by atoms with Crippen molar-refractivity contribution in [3.8, 4) is 0 Å². The van der Waals surface area contributed by atoms with Gasteiger partial charge in [-0.3, -0.25) is 19.2 Å². The molecule has 0 spiro atoms. The maximum atomic E-state index is 11.3. The molecule has 4 N–H and O–H groups in total. The lowest BCUT2D eigenvalue weighted by Gasteiger charge is -2.20. The summed E-state index contributed by atoms with van der Waals surface area (Å²) in [6, 6.07) is 0. The van der Waals surface area contributed by atoms with Gasteiger partial charge in [-0.1, -0.05) is 69.4 Å². The Balaban J connectivity index is 4.57. The molecule has 0 aromatic heterocycles.